The van der Waals surface area contributed by atoms with E-state index in [1.807, 2.05) is 13.8 Å². The monoisotopic (exact) mass is 273 g/mol. The van der Waals surface area contributed by atoms with E-state index in [2.05, 4.69) is 0 Å². The highest BCUT2D eigenvalue weighted by Gasteiger charge is 2.64. The minimum absolute atomic E-state index is 0.0468. The fourth-order valence-electron chi connectivity index (χ4n) is 1.92. The lowest BCUT2D eigenvalue weighted by Crippen LogP contribution is -2.54. The van der Waals surface area contributed by atoms with Crippen LogP contribution in [-0.2, 0) is 4.79 Å². The zero-order chi connectivity index (χ0) is 14.2. The molecule has 0 N–H and O–H groups in total. The van der Waals surface area contributed by atoms with Gasteiger partial charge in [0.05, 0.1) is 0 Å². The van der Waals surface area contributed by atoms with Crippen molar-refractivity contribution in [1.29, 1.82) is 0 Å². The highest BCUT2D eigenvalue weighted by molar-refractivity contribution is 5.84. The topological polar surface area (TPSA) is 20.3 Å². The predicted molar refractivity (Wildman–Crippen MR) is 55.2 cm³/mol. The minimum Gasteiger partial charge on any atom is -0.337 e. The lowest BCUT2D eigenvalue weighted by molar-refractivity contribution is -0.275. The van der Waals surface area contributed by atoms with Gasteiger partial charge < -0.3 is 4.90 Å². The fraction of sp³-hybridized carbons (Fsp3) is 0.909. The molecule has 0 bridgehead atoms. The molecule has 1 rings (SSSR count). The van der Waals surface area contributed by atoms with Gasteiger partial charge in [0.2, 0.25) is 0 Å². The Labute approximate surface area is 102 Å². The van der Waals surface area contributed by atoms with Crippen LogP contribution in [0.3, 0.4) is 0 Å². The van der Waals surface area contributed by atoms with E-state index in [0.29, 0.717) is 17.7 Å². The molecule has 0 unspecified atom stereocenters. The van der Waals surface area contributed by atoms with Gasteiger partial charge in [-0.15, -0.1) is 0 Å². The third-order valence-corrected chi connectivity index (χ3v) is 3.74. The predicted octanol–water partition coefficient (Wildman–Crippen LogP) is 3.22. The second-order valence-corrected chi connectivity index (χ2v) is 5.03. The Balaban J connectivity index is 2.72. The molecular formula is C11H16F5NO. The average molecular weight is 273 g/mol. The average Bonchev–Trinajstić information content (AvgIpc) is 2.27. The summed E-state index contributed by atoms with van der Waals surface area (Å²) in [7, 11) is 0. The maximum atomic E-state index is 12.9. The summed E-state index contributed by atoms with van der Waals surface area (Å²) in [6.07, 6.45) is -4.12. The summed E-state index contributed by atoms with van der Waals surface area (Å²) in [4.78, 5) is 11.8. The maximum Gasteiger partial charge on any atom is 0.463 e. The van der Waals surface area contributed by atoms with E-state index in [1.165, 1.54) is 0 Å². The summed E-state index contributed by atoms with van der Waals surface area (Å²) in [6, 6.07) is 0. The number of alkyl halides is 5. The second-order valence-electron chi connectivity index (χ2n) is 5.03. The van der Waals surface area contributed by atoms with Gasteiger partial charge in [0.15, 0.2) is 0 Å². The molecule has 106 valence electrons. The maximum absolute atomic E-state index is 12.9. The van der Waals surface area contributed by atoms with Crippen LogP contribution >= 0.6 is 0 Å². The molecule has 0 aliphatic carbocycles. The highest BCUT2D eigenvalue weighted by Crippen LogP contribution is 2.39. The highest BCUT2D eigenvalue weighted by atomic mass is 19.4. The van der Waals surface area contributed by atoms with Crippen molar-refractivity contribution in [1.82, 2.24) is 4.90 Å². The molecule has 0 spiro atoms. The number of rotatable bonds is 2. The molecular weight excluding hydrogens is 257 g/mol. The van der Waals surface area contributed by atoms with Gasteiger partial charge in [-0.2, -0.15) is 22.0 Å². The number of halogens is 5. The molecule has 0 radical (unpaired) electrons. The van der Waals surface area contributed by atoms with Crippen molar-refractivity contribution in [3.8, 4) is 0 Å². The molecule has 7 heteroatoms. The molecule has 2 nitrogen and oxygen atoms in total. The van der Waals surface area contributed by atoms with Crippen LogP contribution in [0.5, 0.6) is 0 Å². The molecule has 1 saturated heterocycles. The van der Waals surface area contributed by atoms with Gasteiger partial charge in [-0.25, -0.2) is 0 Å². The largest absolute Gasteiger partial charge is 0.463 e. The van der Waals surface area contributed by atoms with E-state index in [-0.39, 0.29) is 18.5 Å². The fourth-order valence-corrected chi connectivity index (χ4v) is 1.92. The van der Waals surface area contributed by atoms with Crippen LogP contribution in [0.25, 0.3) is 0 Å². The van der Waals surface area contributed by atoms with Crippen molar-refractivity contribution in [2.45, 2.75) is 45.2 Å². The molecule has 0 aromatic carbocycles. The normalized spacial score (nSPS) is 20.9. The Morgan fingerprint density at radius 1 is 1.17 bits per heavy atom. The summed E-state index contributed by atoms with van der Waals surface area (Å²) in [5.41, 5.74) is -0.0791. The summed E-state index contributed by atoms with van der Waals surface area (Å²) >= 11 is 0. The summed E-state index contributed by atoms with van der Waals surface area (Å²) in [5.74, 6) is -7.42. The van der Waals surface area contributed by atoms with E-state index >= 15 is 0 Å². The van der Waals surface area contributed by atoms with E-state index in [0.717, 1.165) is 6.42 Å². The summed E-state index contributed by atoms with van der Waals surface area (Å²) in [5, 5.41) is 0. The molecule has 1 fully saturated rings. The number of amides is 1. The number of carbonyl (C=O) groups excluding carboxylic acids is 1. The Hall–Kier alpha value is -0.880. The zero-order valence-corrected chi connectivity index (χ0v) is 10.3. The van der Waals surface area contributed by atoms with Gasteiger partial charge in [-0.1, -0.05) is 20.3 Å². The molecule has 1 heterocycles. The lowest BCUT2D eigenvalue weighted by atomic mass is 9.78. The zero-order valence-electron chi connectivity index (χ0n) is 10.3. The first-order valence-electron chi connectivity index (χ1n) is 5.77. The number of nitrogens with zero attached hydrogens (tertiary/aromatic N) is 1. The number of piperidine rings is 1. The van der Waals surface area contributed by atoms with E-state index in [1.54, 1.807) is 0 Å². The van der Waals surface area contributed by atoms with Crippen molar-refractivity contribution in [3.05, 3.63) is 0 Å². The third-order valence-electron chi connectivity index (χ3n) is 3.74. The van der Waals surface area contributed by atoms with E-state index in [4.69, 9.17) is 0 Å². The van der Waals surface area contributed by atoms with Crippen LogP contribution in [0, 0.1) is 5.41 Å². The summed E-state index contributed by atoms with van der Waals surface area (Å²) < 4.78 is 61.9. The second kappa shape index (κ2) is 4.66. The third kappa shape index (κ3) is 2.75. The molecule has 1 amide bonds. The van der Waals surface area contributed by atoms with Crippen molar-refractivity contribution >= 4 is 5.91 Å². The van der Waals surface area contributed by atoms with Crippen molar-refractivity contribution in [3.63, 3.8) is 0 Å². The smallest absolute Gasteiger partial charge is 0.337 e. The molecule has 1 aliphatic rings. The first kappa shape index (κ1) is 15.2. The Morgan fingerprint density at radius 3 is 1.94 bits per heavy atom. The van der Waals surface area contributed by atoms with Gasteiger partial charge >= 0.3 is 18.0 Å². The van der Waals surface area contributed by atoms with Gasteiger partial charge in [-0.05, 0) is 18.3 Å². The first-order valence-corrected chi connectivity index (χ1v) is 5.77. The Morgan fingerprint density at radius 2 is 1.61 bits per heavy atom. The number of hydrogen-bond donors (Lipinski definition) is 0. The summed E-state index contributed by atoms with van der Waals surface area (Å²) in [6.45, 7) is 3.78. The van der Waals surface area contributed by atoms with Crippen LogP contribution in [0.1, 0.15) is 33.1 Å². The van der Waals surface area contributed by atoms with E-state index in [9.17, 15) is 26.7 Å². The van der Waals surface area contributed by atoms with Gasteiger partial charge in [-0.3, -0.25) is 4.79 Å². The van der Waals surface area contributed by atoms with Crippen molar-refractivity contribution in [2.24, 2.45) is 5.41 Å². The molecule has 0 saturated carbocycles. The van der Waals surface area contributed by atoms with Crippen molar-refractivity contribution in [2.75, 3.05) is 13.1 Å². The first-order chi connectivity index (χ1) is 8.03. The molecule has 0 aromatic rings. The SMILES string of the molecule is CCC1(C)CCN(C(=O)C(F)(F)C(F)(F)F)CC1. The Bertz CT molecular complexity index is 318. The number of likely N-dealkylation sites (tertiary alicyclic amines) is 1. The Kier molecular flexibility index (Phi) is 3.93. The minimum atomic E-state index is -5.82. The van der Waals surface area contributed by atoms with Crippen LogP contribution in [0.2, 0.25) is 0 Å². The quantitative estimate of drug-likeness (QED) is 0.707. The number of carbonyl (C=O) groups is 1. The van der Waals surface area contributed by atoms with Crippen LogP contribution in [0.4, 0.5) is 22.0 Å². The van der Waals surface area contributed by atoms with Gasteiger partial charge in [0.25, 0.3) is 0 Å². The number of hydrogen-bond acceptors (Lipinski definition) is 1. The van der Waals surface area contributed by atoms with Crippen LogP contribution in [0.15, 0.2) is 0 Å². The van der Waals surface area contributed by atoms with Crippen LogP contribution in [-0.4, -0.2) is 36.0 Å². The lowest BCUT2D eigenvalue weighted by Gasteiger charge is -2.40. The van der Waals surface area contributed by atoms with Crippen molar-refractivity contribution < 1.29 is 26.7 Å². The van der Waals surface area contributed by atoms with Crippen LogP contribution < -0.4 is 0 Å². The molecule has 1 aliphatic heterocycles. The molecule has 18 heavy (non-hydrogen) atoms. The van der Waals surface area contributed by atoms with Gasteiger partial charge in [0, 0.05) is 13.1 Å². The van der Waals surface area contributed by atoms with E-state index < -0.39 is 18.0 Å². The standard InChI is InChI=1S/C11H16F5NO/c1-3-9(2)4-6-17(7-5-9)8(18)10(12,13)11(14,15)16/h3-7H2,1-2H3. The molecule has 0 aromatic heterocycles. The molecule has 0 atom stereocenters. The van der Waals surface area contributed by atoms with Gasteiger partial charge in [0.1, 0.15) is 0 Å².